The Morgan fingerprint density at radius 3 is 2.76 bits per heavy atom. The minimum Gasteiger partial charge on any atom is -0.366 e. The summed E-state index contributed by atoms with van der Waals surface area (Å²) in [6.07, 6.45) is 1.73. The first kappa shape index (κ1) is 16.9. The first-order valence-corrected chi connectivity index (χ1v) is 5.64. The number of carbonyl (C=O) groups excluding carboxylic acids is 1. The molecule has 0 aromatic carbocycles. The molecule has 0 radical (unpaired) electrons. The van der Waals surface area contributed by atoms with Gasteiger partial charge >= 0.3 is 0 Å². The van der Waals surface area contributed by atoms with Crippen molar-refractivity contribution in [2.24, 2.45) is 5.73 Å². The number of nitrogens with two attached hydrogens (primary N) is 1. The van der Waals surface area contributed by atoms with Crippen LogP contribution in [-0.4, -0.2) is 55.7 Å². The second kappa shape index (κ2) is 8.11. The van der Waals surface area contributed by atoms with Gasteiger partial charge in [-0.1, -0.05) is 0 Å². The van der Waals surface area contributed by atoms with E-state index in [-0.39, 0.29) is 42.9 Å². The molecule has 5 nitrogen and oxygen atoms in total. The van der Waals surface area contributed by atoms with Gasteiger partial charge in [-0.05, 0) is 12.8 Å². The summed E-state index contributed by atoms with van der Waals surface area (Å²) in [5.74, 6) is 0.0948. The number of nitrogens with zero attached hydrogens (tertiary/aromatic N) is 1. The fraction of sp³-hybridized carbons (Fsp3) is 0.900. The van der Waals surface area contributed by atoms with Crippen LogP contribution in [-0.2, 0) is 9.53 Å². The van der Waals surface area contributed by atoms with Crippen LogP contribution in [0.3, 0.4) is 0 Å². The van der Waals surface area contributed by atoms with E-state index in [2.05, 4.69) is 5.32 Å². The number of morpholine rings is 1. The molecule has 1 unspecified atom stereocenters. The van der Waals surface area contributed by atoms with Crippen molar-refractivity contribution in [2.75, 3.05) is 32.8 Å². The summed E-state index contributed by atoms with van der Waals surface area (Å²) in [5, 5.41) is 3.16. The molecule has 0 saturated carbocycles. The van der Waals surface area contributed by atoms with E-state index in [0.29, 0.717) is 19.7 Å². The van der Waals surface area contributed by atoms with Crippen LogP contribution in [0.1, 0.15) is 12.8 Å². The number of amides is 1. The first-order chi connectivity index (χ1) is 7.27. The van der Waals surface area contributed by atoms with Gasteiger partial charge in [0.15, 0.2) is 0 Å². The molecule has 2 atom stereocenters. The molecule has 2 rings (SSSR count). The quantitative estimate of drug-likeness (QED) is 0.698. The minimum absolute atomic E-state index is 0. The number of hydrogen-bond acceptors (Lipinski definition) is 4. The van der Waals surface area contributed by atoms with Gasteiger partial charge in [-0.15, -0.1) is 24.8 Å². The second-order valence-corrected chi connectivity index (χ2v) is 4.25. The van der Waals surface area contributed by atoms with Gasteiger partial charge in [-0.2, -0.15) is 0 Å². The van der Waals surface area contributed by atoms with Crippen molar-refractivity contribution in [1.82, 2.24) is 10.2 Å². The third-order valence-electron chi connectivity index (χ3n) is 2.97. The van der Waals surface area contributed by atoms with Gasteiger partial charge < -0.3 is 20.7 Å². The molecule has 2 heterocycles. The number of halogens is 2. The van der Waals surface area contributed by atoms with Gasteiger partial charge in [-0.3, -0.25) is 4.79 Å². The van der Waals surface area contributed by atoms with Gasteiger partial charge in [0.25, 0.3) is 5.91 Å². The zero-order chi connectivity index (χ0) is 10.7. The Balaban J connectivity index is 0.00000128. The summed E-state index contributed by atoms with van der Waals surface area (Å²) in [4.78, 5) is 13.8. The average molecular weight is 286 g/mol. The summed E-state index contributed by atoms with van der Waals surface area (Å²) in [6, 6.07) is 0.138. The van der Waals surface area contributed by atoms with Crippen LogP contribution in [0.15, 0.2) is 0 Å². The van der Waals surface area contributed by atoms with Gasteiger partial charge in [-0.25, -0.2) is 0 Å². The molecule has 2 aliphatic heterocycles. The van der Waals surface area contributed by atoms with Crippen LogP contribution in [0.25, 0.3) is 0 Å². The lowest BCUT2D eigenvalue weighted by Gasteiger charge is -2.34. The summed E-state index contributed by atoms with van der Waals surface area (Å²) < 4.78 is 5.43. The van der Waals surface area contributed by atoms with Gasteiger partial charge in [0.05, 0.1) is 6.61 Å². The molecule has 2 aliphatic rings. The molecule has 0 bridgehead atoms. The van der Waals surface area contributed by atoms with Gasteiger partial charge in [0, 0.05) is 32.2 Å². The van der Waals surface area contributed by atoms with E-state index >= 15 is 0 Å². The summed E-state index contributed by atoms with van der Waals surface area (Å²) >= 11 is 0. The van der Waals surface area contributed by atoms with Crippen LogP contribution in [0.4, 0.5) is 0 Å². The zero-order valence-electron chi connectivity index (χ0n) is 9.76. The molecular formula is C10H21Cl2N3O2. The molecule has 0 aromatic rings. The maximum atomic E-state index is 12.0. The van der Waals surface area contributed by atoms with Crippen LogP contribution >= 0.6 is 24.8 Å². The zero-order valence-corrected chi connectivity index (χ0v) is 11.4. The normalized spacial score (nSPS) is 28.9. The van der Waals surface area contributed by atoms with Crippen molar-refractivity contribution in [3.8, 4) is 0 Å². The molecule has 2 fully saturated rings. The summed E-state index contributed by atoms with van der Waals surface area (Å²) in [5.41, 5.74) is 5.84. The molecule has 0 aliphatic carbocycles. The van der Waals surface area contributed by atoms with E-state index in [0.717, 1.165) is 25.9 Å². The van der Waals surface area contributed by atoms with Crippen molar-refractivity contribution >= 4 is 30.7 Å². The number of carbonyl (C=O) groups is 1. The average Bonchev–Trinajstić information content (AvgIpc) is 2.29. The topological polar surface area (TPSA) is 67.6 Å². The second-order valence-electron chi connectivity index (χ2n) is 4.25. The largest absolute Gasteiger partial charge is 0.366 e. The molecule has 7 heteroatoms. The lowest BCUT2D eigenvalue weighted by molar-refractivity contribution is -0.146. The Hall–Kier alpha value is -0.0700. The van der Waals surface area contributed by atoms with Crippen LogP contribution in [0, 0.1) is 0 Å². The monoisotopic (exact) mass is 285 g/mol. The van der Waals surface area contributed by atoms with Crippen molar-refractivity contribution < 1.29 is 9.53 Å². The van der Waals surface area contributed by atoms with E-state index in [4.69, 9.17) is 10.5 Å². The van der Waals surface area contributed by atoms with E-state index in [1.165, 1.54) is 0 Å². The molecule has 0 aromatic heterocycles. The molecular weight excluding hydrogens is 265 g/mol. The standard InChI is InChI=1S/C10H19N3O2.2ClH/c11-8-2-1-4-13(7-8)10(14)9-6-12-3-5-15-9;;/h8-9,12H,1-7,11H2;2*1H/t8?,9-;;/m1../s1. The van der Waals surface area contributed by atoms with E-state index < -0.39 is 0 Å². The molecule has 17 heavy (non-hydrogen) atoms. The Morgan fingerprint density at radius 1 is 1.41 bits per heavy atom. The van der Waals surface area contributed by atoms with E-state index in [1.807, 2.05) is 4.90 Å². The highest BCUT2D eigenvalue weighted by atomic mass is 35.5. The highest BCUT2D eigenvalue weighted by Crippen LogP contribution is 2.11. The van der Waals surface area contributed by atoms with Crippen molar-refractivity contribution in [2.45, 2.75) is 25.0 Å². The molecule has 102 valence electrons. The lowest BCUT2D eigenvalue weighted by atomic mass is 10.1. The molecule has 2 saturated heterocycles. The number of likely N-dealkylation sites (tertiary alicyclic amines) is 1. The lowest BCUT2D eigenvalue weighted by Crippen LogP contribution is -2.53. The predicted octanol–water partition coefficient (Wildman–Crippen LogP) is -0.232. The van der Waals surface area contributed by atoms with Crippen molar-refractivity contribution in [1.29, 1.82) is 0 Å². The van der Waals surface area contributed by atoms with Crippen molar-refractivity contribution in [3.63, 3.8) is 0 Å². The maximum absolute atomic E-state index is 12.0. The minimum atomic E-state index is -0.302. The van der Waals surface area contributed by atoms with Gasteiger partial charge in [0.2, 0.25) is 0 Å². The Kier molecular flexibility index (Phi) is 8.07. The number of ether oxygens (including phenoxy) is 1. The van der Waals surface area contributed by atoms with Crippen molar-refractivity contribution in [3.05, 3.63) is 0 Å². The predicted molar refractivity (Wildman–Crippen MR) is 70.9 cm³/mol. The summed E-state index contributed by atoms with van der Waals surface area (Å²) in [7, 11) is 0. The molecule has 0 spiro atoms. The first-order valence-electron chi connectivity index (χ1n) is 5.64. The number of rotatable bonds is 1. The van der Waals surface area contributed by atoms with Gasteiger partial charge in [0.1, 0.15) is 6.10 Å². The van der Waals surface area contributed by atoms with Crippen LogP contribution in [0.2, 0.25) is 0 Å². The highest BCUT2D eigenvalue weighted by Gasteiger charge is 2.29. The molecule has 3 N–H and O–H groups in total. The number of hydrogen-bond donors (Lipinski definition) is 2. The SMILES string of the molecule is Cl.Cl.NC1CCCN(C(=O)[C@H]2CNCCO2)C1. The summed E-state index contributed by atoms with van der Waals surface area (Å²) in [6.45, 7) is 3.59. The highest BCUT2D eigenvalue weighted by molar-refractivity contribution is 5.85. The smallest absolute Gasteiger partial charge is 0.253 e. The Bertz CT molecular complexity index is 238. The fourth-order valence-corrected chi connectivity index (χ4v) is 2.14. The van der Waals surface area contributed by atoms with E-state index in [9.17, 15) is 4.79 Å². The maximum Gasteiger partial charge on any atom is 0.253 e. The van der Waals surface area contributed by atoms with Crippen LogP contribution in [0.5, 0.6) is 0 Å². The third-order valence-corrected chi connectivity index (χ3v) is 2.97. The number of nitrogens with one attached hydrogen (secondary N) is 1. The Morgan fingerprint density at radius 2 is 2.18 bits per heavy atom. The van der Waals surface area contributed by atoms with E-state index in [1.54, 1.807) is 0 Å². The molecule has 1 amide bonds. The third kappa shape index (κ3) is 4.60. The fourth-order valence-electron chi connectivity index (χ4n) is 2.14. The Labute approximate surface area is 114 Å². The number of piperidine rings is 1. The van der Waals surface area contributed by atoms with Crippen LogP contribution < -0.4 is 11.1 Å².